The zero-order chi connectivity index (χ0) is 20.5. The third-order valence-electron chi connectivity index (χ3n) is 6.44. The lowest BCUT2D eigenvalue weighted by atomic mass is 9.76. The van der Waals surface area contributed by atoms with Gasteiger partial charge < -0.3 is 10.4 Å². The van der Waals surface area contributed by atoms with Crippen molar-refractivity contribution in [3.8, 4) is 0 Å². The molecular weight excluding hydrogens is 382 g/mol. The van der Waals surface area contributed by atoms with E-state index in [4.69, 9.17) is 11.6 Å². The highest BCUT2D eigenvalue weighted by Gasteiger charge is 2.71. The molecule has 0 aromatic heterocycles. The first kappa shape index (κ1) is 19.4. The summed E-state index contributed by atoms with van der Waals surface area (Å²) < 4.78 is 0. The van der Waals surface area contributed by atoms with Gasteiger partial charge in [-0.25, -0.2) is 0 Å². The zero-order valence-electron chi connectivity index (χ0n) is 16.2. The number of likely N-dealkylation sites (tertiary alicyclic amines) is 1. The smallest absolute Gasteiger partial charge is 0.250 e. The fourth-order valence-corrected chi connectivity index (χ4v) is 5.30. The largest absolute Gasteiger partial charge is 0.392 e. The molecule has 3 N–H and O–H groups in total. The Bertz CT molecular complexity index is 902. The maximum atomic E-state index is 13.4. The molecule has 4 unspecified atom stereocenters. The van der Waals surface area contributed by atoms with Gasteiger partial charge in [0.25, 0.3) is 0 Å². The van der Waals surface area contributed by atoms with Gasteiger partial charge in [0.1, 0.15) is 5.54 Å². The number of aliphatic hydroxyl groups excluding tert-OH is 1. The van der Waals surface area contributed by atoms with Crippen molar-refractivity contribution in [3.63, 3.8) is 0 Å². The van der Waals surface area contributed by atoms with E-state index in [2.05, 4.69) is 10.6 Å². The first-order valence-electron chi connectivity index (χ1n) is 9.59. The summed E-state index contributed by atoms with van der Waals surface area (Å²) in [6.45, 7) is 7.14. The van der Waals surface area contributed by atoms with Gasteiger partial charge in [-0.3, -0.25) is 24.6 Å². The van der Waals surface area contributed by atoms with Gasteiger partial charge in [-0.15, -0.1) is 0 Å². The van der Waals surface area contributed by atoms with Crippen LogP contribution in [0.4, 0.5) is 5.69 Å². The van der Waals surface area contributed by atoms with Crippen LogP contribution in [0.1, 0.15) is 38.3 Å². The third-order valence-corrected chi connectivity index (χ3v) is 6.74. The summed E-state index contributed by atoms with van der Waals surface area (Å²) in [6.07, 6.45) is -0.303. The van der Waals surface area contributed by atoms with Crippen LogP contribution in [0.3, 0.4) is 0 Å². The van der Waals surface area contributed by atoms with Gasteiger partial charge in [0, 0.05) is 17.6 Å². The van der Waals surface area contributed by atoms with Crippen LogP contribution in [-0.2, 0) is 19.9 Å². The molecule has 150 valence electrons. The molecule has 2 saturated heterocycles. The summed E-state index contributed by atoms with van der Waals surface area (Å²) in [4.78, 5) is 41.1. The van der Waals surface area contributed by atoms with Gasteiger partial charge in [-0.1, -0.05) is 24.6 Å². The third kappa shape index (κ3) is 2.27. The number of anilines is 1. The van der Waals surface area contributed by atoms with Gasteiger partial charge in [-0.05, 0) is 38.8 Å². The van der Waals surface area contributed by atoms with E-state index in [-0.39, 0.29) is 17.9 Å². The summed E-state index contributed by atoms with van der Waals surface area (Å²) >= 11 is 6.36. The molecule has 0 aliphatic carbocycles. The predicted octanol–water partition coefficient (Wildman–Crippen LogP) is 1.55. The fourth-order valence-electron chi connectivity index (χ4n) is 4.98. The Balaban J connectivity index is 1.94. The highest BCUT2D eigenvalue weighted by molar-refractivity contribution is 6.35. The minimum atomic E-state index is -1.42. The van der Waals surface area contributed by atoms with Crippen LogP contribution in [0, 0.1) is 18.8 Å². The Morgan fingerprint density at radius 3 is 2.54 bits per heavy atom. The summed E-state index contributed by atoms with van der Waals surface area (Å²) in [5, 5.41) is 16.7. The molecule has 3 amide bonds. The second-order valence-electron chi connectivity index (χ2n) is 8.15. The monoisotopic (exact) mass is 405 g/mol. The molecular formula is C20H24ClN3O4. The van der Waals surface area contributed by atoms with Crippen molar-refractivity contribution in [1.82, 2.24) is 10.2 Å². The lowest BCUT2D eigenvalue weighted by molar-refractivity contribution is -0.145. The van der Waals surface area contributed by atoms with Crippen LogP contribution in [0.2, 0.25) is 5.02 Å². The van der Waals surface area contributed by atoms with Crippen molar-refractivity contribution < 1.29 is 19.5 Å². The molecule has 3 aliphatic heterocycles. The van der Waals surface area contributed by atoms with E-state index in [0.29, 0.717) is 22.7 Å². The van der Waals surface area contributed by atoms with E-state index >= 15 is 0 Å². The van der Waals surface area contributed by atoms with E-state index in [1.54, 1.807) is 13.0 Å². The number of hydrogen-bond acceptors (Lipinski definition) is 5. The molecule has 6 atom stereocenters. The maximum absolute atomic E-state index is 13.4. The molecule has 1 spiro atoms. The van der Waals surface area contributed by atoms with E-state index in [1.807, 2.05) is 26.8 Å². The number of fused-ring (bicyclic) bond motifs is 4. The van der Waals surface area contributed by atoms with E-state index in [9.17, 15) is 19.5 Å². The second kappa shape index (κ2) is 6.27. The summed E-state index contributed by atoms with van der Waals surface area (Å²) in [5.74, 6) is -2.86. The van der Waals surface area contributed by atoms with E-state index in [0.717, 1.165) is 5.56 Å². The Kier molecular flexibility index (Phi) is 4.34. The number of hydrogen-bond donors (Lipinski definition) is 3. The second-order valence-corrected chi connectivity index (χ2v) is 8.56. The van der Waals surface area contributed by atoms with Crippen LogP contribution < -0.4 is 10.6 Å². The number of imide groups is 1. The molecule has 7 nitrogen and oxygen atoms in total. The van der Waals surface area contributed by atoms with Crippen molar-refractivity contribution in [2.75, 3.05) is 5.32 Å². The van der Waals surface area contributed by atoms with Gasteiger partial charge in [0.2, 0.25) is 17.7 Å². The lowest BCUT2D eigenvalue weighted by Crippen LogP contribution is -2.55. The highest BCUT2D eigenvalue weighted by atomic mass is 35.5. The maximum Gasteiger partial charge on any atom is 0.250 e. The number of aryl methyl sites for hydroxylation is 1. The zero-order valence-corrected chi connectivity index (χ0v) is 17.0. The van der Waals surface area contributed by atoms with Crippen molar-refractivity contribution >= 4 is 35.0 Å². The normalized spacial score (nSPS) is 33.3. The number of aliphatic hydroxyl groups is 1. The van der Waals surface area contributed by atoms with Crippen LogP contribution in [0.15, 0.2) is 12.1 Å². The SMILES string of the molecule is CCC(C)N1C(=O)[C@@H]2C(C(C)O)NC3(C(=O)Nc4c(Cl)cc(C)cc43)[C@@H]2C1=O. The molecule has 1 aromatic rings. The summed E-state index contributed by atoms with van der Waals surface area (Å²) in [6, 6.07) is 2.57. The van der Waals surface area contributed by atoms with Gasteiger partial charge in [0.05, 0.1) is 28.6 Å². The van der Waals surface area contributed by atoms with Crippen LogP contribution in [-0.4, -0.2) is 45.9 Å². The molecule has 28 heavy (non-hydrogen) atoms. The quantitative estimate of drug-likeness (QED) is 0.663. The number of amides is 3. The van der Waals surface area contributed by atoms with Crippen LogP contribution >= 0.6 is 11.6 Å². The molecule has 0 radical (unpaired) electrons. The molecule has 0 saturated carbocycles. The Morgan fingerprint density at radius 2 is 1.93 bits per heavy atom. The predicted molar refractivity (Wildman–Crippen MR) is 104 cm³/mol. The molecule has 2 fully saturated rings. The summed E-state index contributed by atoms with van der Waals surface area (Å²) in [5.41, 5.74) is 0.436. The Labute approximate surface area is 168 Å². The molecule has 3 heterocycles. The van der Waals surface area contributed by atoms with Crippen molar-refractivity contribution in [3.05, 3.63) is 28.3 Å². The number of nitrogens with zero attached hydrogens (tertiary/aromatic N) is 1. The molecule has 1 aromatic carbocycles. The lowest BCUT2D eigenvalue weighted by Gasteiger charge is -2.31. The van der Waals surface area contributed by atoms with Crippen LogP contribution in [0.5, 0.6) is 0 Å². The van der Waals surface area contributed by atoms with Gasteiger partial charge in [0.15, 0.2) is 0 Å². The minimum Gasteiger partial charge on any atom is -0.392 e. The van der Waals surface area contributed by atoms with Crippen molar-refractivity contribution in [2.45, 2.75) is 57.8 Å². The topological polar surface area (TPSA) is 98.7 Å². The average Bonchev–Trinajstić information content (AvgIpc) is 3.21. The van der Waals surface area contributed by atoms with Gasteiger partial charge >= 0.3 is 0 Å². The van der Waals surface area contributed by atoms with Gasteiger partial charge in [-0.2, -0.15) is 0 Å². The highest BCUT2D eigenvalue weighted by Crippen LogP contribution is 2.55. The van der Waals surface area contributed by atoms with E-state index < -0.39 is 35.4 Å². The first-order chi connectivity index (χ1) is 13.1. The summed E-state index contributed by atoms with van der Waals surface area (Å²) in [7, 11) is 0. The number of halogens is 1. The number of rotatable bonds is 3. The Hall–Kier alpha value is -1.96. The van der Waals surface area contributed by atoms with Crippen LogP contribution in [0.25, 0.3) is 0 Å². The Morgan fingerprint density at radius 1 is 1.25 bits per heavy atom. The molecule has 0 bridgehead atoms. The molecule has 3 aliphatic rings. The number of benzene rings is 1. The number of carbonyl (C=O) groups excluding carboxylic acids is 3. The average molecular weight is 406 g/mol. The molecule has 8 heteroatoms. The van der Waals surface area contributed by atoms with E-state index in [1.165, 1.54) is 4.90 Å². The van der Waals surface area contributed by atoms with Crippen molar-refractivity contribution in [1.29, 1.82) is 0 Å². The molecule has 4 rings (SSSR count). The first-order valence-corrected chi connectivity index (χ1v) is 9.97. The number of nitrogens with one attached hydrogen (secondary N) is 2. The standard InChI is InChI=1S/C20H24ClN3O4/c1-5-9(3)24-17(26)13-14(18(24)27)20(23-15(13)10(4)25)11-6-8(2)7-12(21)16(11)22-19(20)28/h6-7,9-10,13-15,23,25H,5H2,1-4H3,(H,22,28)/t9?,10?,13-,14-,15?,20?/m0/s1. The number of carbonyl (C=O) groups is 3. The minimum absolute atomic E-state index is 0.276. The van der Waals surface area contributed by atoms with Crippen molar-refractivity contribution in [2.24, 2.45) is 11.8 Å². The fraction of sp³-hybridized carbons (Fsp3) is 0.550.